The molecule has 0 heterocycles. The normalized spacial score (nSPS) is 13.4. The number of hydrogen-bond acceptors (Lipinski definition) is 1. The Bertz CT molecular complexity index is 76.0. The maximum absolute atomic E-state index is 8.51. The van der Waals surface area contributed by atoms with E-state index in [0.717, 1.165) is 31.1 Å². The Morgan fingerprint density at radius 2 is 1.91 bits per heavy atom. The number of alkyl halides is 1. The lowest BCUT2D eigenvalue weighted by Gasteiger charge is -2.07. The molecule has 68 valence electrons. The zero-order chi connectivity index (χ0) is 8.53. The van der Waals surface area contributed by atoms with Crippen LogP contribution in [0.4, 0.5) is 0 Å². The van der Waals surface area contributed by atoms with Crippen molar-refractivity contribution in [1.29, 1.82) is 0 Å². The lowest BCUT2D eigenvalue weighted by molar-refractivity contribution is 0.280. The van der Waals surface area contributed by atoms with Gasteiger partial charge in [0.1, 0.15) is 0 Å². The molecule has 0 spiro atoms. The number of unbranched alkanes of at least 4 members (excludes halogenated alkanes) is 2. The Balaban J connectivity index is 2.97. The number of halogens is 1. The third-order valence-electron chi connectivity index (χ3n) is 1.96. The molecule has 2 heteroatoms. The monoisotopic (exact) mass is 178 g/mol. The molecule has 0 saturated carbocycles. The van der Waals surface area contributed by atoms with Gasteiger partial charge in [0, 0.05) is 12.5 Å². The molecule has 0 amide bonds. The number of hydrogen-bond donors (Lipinski definition) is 1. The van der Waals surface area contributed by atoms with E-state index in [2.05, 4.69) is 6.92 Å². The van der Waals surface area contributed by atoms with Crippen molar-refractivity contribution in [3.63, 3.8) is 0 Å². The van der Waals surface area contributed by atoms with Crippen LogP contribution in [0, 0.1) is 5.92 Å². The second kappa shape index (κ2) is 8.35. The Hall–Kier alpha value is 0.250. The van der Waals surface area contributed by atoms with E-state index in [1.165, 1.54) is 12.8 Å². The first kappa shape index (κ1) is 11.2. The molecule has 0 unspecified atom stereocenters. The van der Waals surface area contributed by atoms with E-state index < -0.39 is 0 Å². The molecule has 0 bridgehead atoms. The van der Waals surface area contributed by atoms with Gasteiger partial charge in [0.05, 0.1) is 0 Å². The Morgan fingerprint density at radius 3 is 2.45 bits per heavy atom. The van der Waals surface area contributed by atoms with Gasteiger partial charge in [0.2, 0.25) is 0 Å². The first-order valence-electron chi connectivity index (χ1n) is 4.48. The quantitative estimate of drug-likeness (QED) is 0.470. The van der Waals surface area contributed by atoms with Crippen LogP contribution in [0.5, 0.6) is 0 Å². The van der Waals surface area contributed by atoms with E-state index in [0.29, 0.717) is 6.61 Å². The van der Waals surface area contributed by atoms with Gasteiger partial charge in [-0.25, -0.2) is 0 Å². The van der Waals surface area contributed by atoms with Crippen molar-refractivity contribution in [3.05, 3.63) is 0 Å². The van der Waals surface area contributed by atoms with E-state index in [4.69, 9.17) is 16.7 Å². The summed E-state index contributed by atoms with van der Waals surface area (Å²) >= 11 is 5.60. The van der Waals surface area contributed by atoms with Crippen molar-refractivity contribution in [2.75, 3.05) is 12.5 Å². The van der Waals surface area contributed by atoms with E-state index in [1.807, 2.05) is 0 Å². The minimum absolute atomic E-state index is 0.337. The fourth-order valence-corrected chi connectivity index (χ4v) is 1.48. The van der Waals surface area contributed by atoms with Crippen molar-refractivity contribution in [1.82, 2.24) is 0 Å². The maximum Gasteiger partial charge on any atom is 0.0431 e. The maximum atomic E-state index is 8.51. The van der Waals surface area contributed by atoms with Crippen molar-refractivity contribution in [2.24, 2.45) is 5.92 Å². The molecule has 11 heavy (non-hydrogen) atoms. The van der Waals surface area contributed by atoms with Crippen LogP contribution < -0.4 is 0 Å². The van der Waals surface area contributed by atoms with Crippen molar-refractivity contribution in [2.45, 2.75) is 39.0 Å². The van der Waals surface area contributed by atoms with Crippen LogP contribution in [-0.2, 0) is 0 Å². The van der Waals surface area contributed by atoms with E-state index in [1.54, 1.807) is 0 Å². The van der Waals surface area contributed by atoms with Crippen LogP contribution in [-0.4, -0.2) is 17.6 Å². The number of aliphatic hydroxyl groups excluding tert-OH is 1. The van der Waals surface area contributed by atoms with Crippen LogP contribution >= 0.6 is 11.6 Å². The molecular formula is C9H19ClO. The molecule has 0 aromatic rings. The third kappa shape index (κ3) is 8.15. The van der Waals surface area contributed by atoms with Crippen LogP contribution in [0.15, 0.2) is 0 Å². The van der Waals surface area contributed by atoms with Gasteiger partial charge in [-0.2, -0.15) is 0 Å². The molecule has 0 aliphatic rings. The minimum Gasteiger partial charge on any atom is -0.396 e. The first-order chi connectivity index (χ1) is 5.31. The van der Waals surface area contributed by atoms with Crippen LogP contribution in [0.3, 0.4) is 0 Å². The fraction of sp³-hybridized carbons (Fsp3) is 1.00. The highest BCUT2D eigenvalue weighted by atomic mass is 35.5. The second-order valence-electron chi connectivity index (χ2n) is 3.16. The molecule has 0 aliphatic carbocycles. The van der Waals surface area contributed by atoms with Crippen molar-refractivity contribution in [3.8, 4) is 0 Å². The Kier molecular flexibility index (Phi) is 8.54. The molecule has 0 radical (unpaired) electrons. The van der Waals surface area contributed by atoms with Crippen LogP contribution in [0.25, 0.3) is 0 Å². The van der Waals surface area contributed by atoms with Gasteiger partial charge in [-0.1, -0.05) is 26.2 Å². The lowest BCUT2D eigenvalue weighted by Crippen LogP contribution is -1.95. The summed E-state index contributed by atoms with van der Waals surface area (Å²) in [5.74, 6) is 1.53. The Morgan fingerprint density at radius 1 is 1.18 bits per heavy atom. The molecule has 0 fully saturated rings. The summed E-state index contributed by atoms with van der Waals surface area (Å²) in [6, 6.07) is 0. The lowest BCUT2D eigenvalue weighted by atomic mass is 10.0. The Labute approximate surface area is 74.8 Å². The zero-order valence-corrected chi connectivity index (χ0v) is 8.11. The number of aliphatic hydroxyl groups is 1. The topological polar surface area (TPSA) is 20.2 Å². The highest BCUT2D eigenvalue weighted by molar-refractivity contribution is 6.17. The van der Waals surface area contributed by atoms with Gasteiger partial charge < -0.3 is 5.11 Å². The summed E-state index contributed by atoms with van der Waals surface area (Å²) in [5, 5.41) is 8.51. The molecule has 1 atom stereocenters. The summed E-state index contributed by atoms with van der Waals surface area (Å²) in [5.41, 5.74) is 0. The number of rotatable bonds is 7. The van der Waals surface area contributed by atoms with Crippen molar-refractivity contribution < 1.29 is 5.11 Å². The zero-order valence-electron chi connectivity index (χ0n) is 7.35. The fourth-order valence-electron chi connectivity index (χ4n) is 1.11. The molecule has 1 nitrogen and oxygen atoms in total. The van der Waals surface area contributed by atoms with Gasteiger partial charge in [-0.05, 0) is 18.8 Å². The average Bonchev–Trinajstić information content (AvgIpc) is 1.99. The van der Waals surface area contributed by atoms with Gasteiger partial charge in [-0.15, -0.1) is 11.6 Å². The van der Waals surface area contributed by atoms with Gasteiger partial charge >= 0.3 is 0 Å². The second-order valence-corrected chi connectivity index (χ2v) is 3.53. The molecule has 0 aliphatic heterocycles. The largest absolute Gasteiger partial charge is 0.396 e. The minimum atomic E-state index is 0.337. The van der Waals surface area contributed by atoms with E-state index in [-0.39, 0.29) is 0 Å². The summed E-state index contributed by atoms with van der Waals surface area (Å²) in [7, 11) is 0. The highest BCUT2D eigenvalue weighted by Crippen LogP contribution is 2.13. The predicted molar refractivity (Wildman–Crippen MR) is 50.1 cm³/mol. The van der Waals surface area contributed by atoms with Gasteiger partial charge in [0.25, 0.3) is 0 Å². The SMILES string of the molecule is C[C@H](CCCl)CCCCCO. The van der Waals surface area contributed by atoms with Gasteiger partial charge in [-0.3, -0.25) is 0 Å². The molecule has 0 aromatic carbocycles. The third-order valence-corrected chi connectivity index (χ3v) is 2.18. The standard InChI is InChI=1S/C9H19ClO/c1-9(6-7-10)5-3-2-4-8-11/h9,11H,2-8H2,1H3/t9-/m0/s1. The molecule has 0 aromatic heterocycles. The van der Waals surface area contributed by atoms with E-state index >= 15 is 0 Å². The predicted octanol–water partition coefficient (Wildman–Crippen LogP) is 2.80. The van der Waals surface area contributed by atoms with E-state index in [9.17, 15) is 0 Å². The average molecular weight is 179 g/mol. The summed E-state index contributed by atoms with van der Waals surface area (Å²) < 4.78 is 0. The summed E-state index contributed by atoms with van der Waals surface area (Å²) in [6.45, 7) is 2.57. The molecule has 0 rings (SSSR count). The molecular weight excluding hydrogens is 160 g/mol. The first-order valence-corrected chi connectivity index (χ1v) is 5.01. The molecule has 1 N–H and O–H groups in total. The summed E-state index contributed by atoms with van der Waals surface area (Å²) in [6.07, 6.45) is 5.72. The van der Waals surface area contributed by atoms with Crippen LogP contribution in [0.1, 0.15) is 39.0 Å². The van der Waals surface area contributed by atoms with Crippen molar-refractivity contribution >= 4 is 11.6 Å². The van der Waals surface area contributed by atoms with Crippen LogP contribution in [0.2, 0.25) is 0 Å². The highest BCUT2D eigenvalue weighted by Gasteiger charge is 1.99. The summed E-state index contributed by atoms with van der Waals surface area (Å²) in [4.78, 5) is 0. The van der Waals surface area contributed by atoms with Gasteiger partial charge in [0.15, 0.2) is 0 Å². The molecule has 0 saturated heterocycles. The smallest absolute Gasteiger partial charge is 0.0431 e.